The van der Waals surface area contributed by atoms with E-state index in [4.69, 9.17) is 4.74 Å². The number of aromatic amines is 1. The third kappa shape index (κ3) is 1.71. The topological polar surface area (TPSA) is 50.3 Å². The summed E-state index contributed by atoms with van der Waals surface area (Å²) in [6, 6.07) is 1.95. The van der Waals surface area contributed by atoms with Crippen molar-refractivity contribution in [3.63, 3.8) is 0 Å². The standard InChI is InChI=1S/C11H10IN3O/c1-3-8(15-12)11-10-7(4-5-13-10)9(16-2)6-14-11/h3-6,13H,1H2,2H3. The Bertz CT molecular complexity index is 559. The highest BCUT2D eigenvalue weighted by atomic mass is 127. The van der Waals surface area contributed by atoms with Gasteiger partial charge in [-0.3, -0.25) is 0 Å². The highest BCUT2D eigenvalue weighted by Gasteiger charge is 2.11. The Balaban J connectivity index is 2.73. The number of halogens is 1. The first kappa shape index (κ1) is 11.1. The van der Waals surface area contributed by atoms with E-state index in [1.54, 1.807) is 19.4 Å². The number of allylic oxidation sites excluding steroid dienone is 1. The second-order valence-electron chi connectivity index (χ2n) is 3.12. The van der Waals surface area contributed by atoms with Crippen LogP contribution in [0.4, 0.5) is 0 Å². The number of hydrogen-bond donors (Lipinski definition) is 1. The number of pyridine rings is 1. The number of hydrogen-bond acceptors (Lipinski definition) is 3. The summed E-state index contributed by atoms with van der Waals surface area (Å²) >= 11 is 1.93. The van der Waals surface area contributed by atoms with Crippen LogP contribution in [-0.2, 0) is 0 Å². The number of fused-ring (bicyclic) bond motifs is 1. The van der Waals surface area contributed by atoms with Gasteiger partial charge in [0.25, 0.3) is 0 Å². The smallest absolute Gasteiger partial charge is 0.146 e. The first-order valence-corrected chi connectivity index (χ1v) is 5.60. The molecule has 82 valence electrons. The van der Waals surface area contributed by atoms with Gasteiger partial charge in [0.05, 0.1) is 47.4 Å². The fourth-order valence-corrected chi connectivity index (χ4v) is 1.98. The van der Waals surface area contributed by atoms with Crippen LogP contribution in [0.25, 0.3) is 10.9 Å². The molecule has 2 heterocycles. The fraction of sp³-hybridized carbons (Fsp3) is 0.0909. The zero-order valence-corrected chi connectivity index (χ0v) is 10.9. The van der Waals surface area contributed by atoms with Gasteiger partial charge >= 0.3 is 0 Å². The molecule has 2 aromatic rings. The van der Waals surface area contributed by atoms with Crippen molar-refractivity contribution >= 4 is 39.5 Å². The summed E-state index contributed by atoms with van der Waals surface area (Å²) in [5, 5.41) is 0.993. The third-order valence-electron chi connectivity index (χ3n) is 2.31. The van der Waals surface area contributed by atoms with Crippen LogP contribution in [0.15, 0.2) is 34.3 Å². The number of nitrogens with zero attached hydrogens (tertiary/aromatic N) is 2. The molecule has 1 N–H and O–H groups in total. The zero-order valence-electron chi connectivity index (χ0n) is 8.70. The monoisotopic (exact) mass is 327 g/mol. The molecule has 0 bridgehead atoms. The summed E-state index contributed by atoms with van der Waals surface area (Å²) in [6.07, 6.45) is 5.23. The molecule has 0 fully saturated rings. The van der Waals surface area contributed by atoms with E-state index in [1.807, 2.05) is 35.1 Å². The van der Waals surface area contributed by atoms with Gasteiger partial charge in [-0.1, -0.05) is 6.58 Å². The number of H-pyrrole nitrogens is 1. The molecule has 0 aliphatic carbocycles. The summed E-state index contributed by atoms with van der Waals surface area (Å²) in [5.74, 6) is 0.747. The zero-order chi connectivity index (χ0) is 11.5. The van der Waals surface area contributed by atoms with E-state index in [9.17, 15) is 0 Å². The molecule has 0 spiro atoms. The Hall–Kier alpha value is -1.37. The molecule has 0 aliphatic rings. The van der Waals surface area contributed by atoms with Gasteiger partial charge < -0.3 is 9.72 Å². The van der Waals surface area contributed by atoms with Crippen molar-refractivity contribution in [3.05, 3.63) is 36.8 Å². The maximum atomic E-state index is 5.24. The molecule has 2 rings (SSSR count). The highest BCUT2D eigenvalue weighted by Crippen LogP contribution is 2.26. The van der Waals surface area contributed by atoms with Gasteiger partial charge in [0.2, 0.25) is 0 Å². The Labute approximate surface area is 107 Å². The first-order chi connectivity index (χ1) is 7.81. The largest absolute Gasteiger partial charge is 0.494 e. The summed E-state index contributed by atoms with van der Waals surface area (Å²) in [6.45, 7) is 3.72. The third-order valence-corrected chi connectivity index (χ3v) is 2.83. The van der Waals surface area contributed by atoms with Crippen molar-refractivity contribution < 1.29 is 4.74 Å². The van der Waals surface area contributed by atoms with E-state index in [-0.39, 0.29) is 0 Å². The molecule has 0 amide bonds. The molecule has 0 aromatic carbocycles. The van der Waals surface area contributed by atoms with Crippen LogP contribution in [0, 0.1) is 0 Å². The molecule has 2 aromatic heterocycles. The molecule has 0 unspecified atom stereocenters. The first-order valence-electron chi connectivity index (χ1n) is 4.63. The number of nitrogens with one attached hydrogen (secondary N) is 1. The predicted octanol–water partition coefficient (Wildman–Crippen LogP) is 2.90. The number of aromatic nitrogens is 2. The molecular formula is C11H10IN3O. The molecule has 16 heavy (non-hydrogen) atoms. The van der Waals surface area contributed by atoms with E-state index >= 15 is 0 Å². The highest BCUT2D eigenvalue weighted by molar-refractivity contribution is 14.1. The van der Waals surface area contributed by atoms with Crippen molar-refractivity contribution in [1.29, 1.82) is 0 Å². The van der Waals surface area contributed by atoms with Crippen molar-refractivity contribution in [2.75, 3.05) is 7.11 Å². The van der Waals surface area contributed by atoms with Crippen molar-refractivity contribution in [2.45, 2.75) is 0 Å². The lowest BCUT2D eigenvalue weighted by molar-refractivity contribution is 0.418. The van der Waals surface area contributed by atoms with Gasteiger partial charge in [-0.15, -0.1) is 0 Å². The number of methoxy groups -OCH3 is 1. The Kier molecular flexibility index (Phi) is 3.23. The number of ether oxygens (including phenoxy) is 1. The second kappa shape index (κ2) is 4.65. The average molecular weight is 327 g/mol. The maximum Gasteiger partial charge on any atom is 0.146 e. The van der Waals surface area contributed by atoms with Crippen LogP contribution in [0.3, 0.4) is 0 Å². The molecular weight excluding hydrogens is 317 g/mol. The minimum atomic E-state index is 0.746. The van der Waals surface area contributed by atoms with E-state index in [0.29, 0.717) is 0 Å². The molecule has 0 radical (unpaired) electrons. The van der Waals surface area contributed by atoms with Crippen molar-refractivity contribution in [2.24, 2.45) is 3.21 Å². The van der Waals surface area contributed by atoms with Gasteiger partial charge in [0, 0.05) is 11.6 Å². The van der Waals surface area contributed by atoms with Crippen molar-refractivity contribution in [1.82, 2.24) is 9.97 Å². The lowest BCUT2D eigenvalue weighted by Crippen LogP contribution is -2.01. The Morgan fingerprint density at radius 3 is 3.12 bits per heavy atom. The summed E-state index contributed by atoms with van der Waals surface area (Å²) in [7, 11) is 1.63. The van der Waals surface area contributed by atoms with Crippen molar-refractivity contribution in [3.8, 4) is 5.75 Å². The molecule has 4 nitrogen and oxygen atoms in total. The SMILES string of the molecule is C=CC(=NI)c1ncc(OC)c2cc[nH]c12. The minimum absolute atomic E-state index is 0.746. The molecule has 0 saturated carbocycles. The quantitative estimate of drug-likeness (QED) is 0.696. The Morgan fingerprint density at radius 2 is 2.50 bits per heavy atom. The van der Waals surface area contributed by atoms with Gasteiger partial charge in [0.1, 0.15) is 11.4 Å². The summed E-state index contributed by atoms with van der Waals surface area (Å²) in [5.41, 5.74) is 2.44. The molecule has 0 atom stereocenters. The lowest BCUT2D eigenvalue weighted by atomic mass is 10.2. The van der Waals surface area contributed by atoms with Gasteiger partial charge in [-0.25, -0.2) is 8.19 Å². The molecule has 0 aliphatic heterocycles. The van der Waals surface area contributed by atoms with Gasteiger partial charge in [0.15, 0.2) is 0 Å². The van der Waals surface area contributed by atoms with Crippen LogP contribution in [-0.4, -0.2) is 22.8 Å². The molecule has 5 heteroatoms. The van der Waals surface area contributed by atoms with Crippen LogP contribution in [0.2, 0.25) is 0 Å². The van der Waals surface area contributed by atoms with E-state index in [1.165, 1.54) is 0 Å². The lowest BCUT2D eigenvalue weighted by Gasteiger charge is -2.05. The van der Waals surface area contributed by atoms with Gasteiger partial charge in [-0.05, 0) is 12.1 Å². The minimum Gasteiger partial charge on any atom is -0.494 e. The Morgan fingerprint density at radius 1 is 1.69 bits per heavy atom. The van der Waals surface area contributed by atoms with Crippen LogP contribution in [0.1, 0.15) is 5.69 Å². The fourth-order valence-electron chi connectivity index (χ4n) is 1.56. The van der Waals surface area contributed by atoms with Crippen LogP contribution in [0.5, 0.6) is 5.75 Å². The normalized spacial score (nSPS) is 11.8. The van der Waals surface area contributed by atoms with E-state index in [2.05, 4.69) is 19.8 Å². The average Bonchev–Trinajstić information content (AvgIpc) is 2.80. The van der Waals surface area contributed by atoms with Crippen LogP contribution < -0.4 is 4.74 Å². The van der Waals surface area contributed by atoms with Crippen LogP contribution >= 0.6 is 22.9 Å². The van der Waals surface area contributed by atoms with Gasteiger partial charge in [-0.2, -0.15) is 0 Å². The predicted molar refractivity (Wildman–Crippen MR) is 73.4 cm³/mol. The molecule has 0 saturated heterocycles. The maximum absolute atomic E-state index is 5.24. The summed E-state index contributed by atoms with van der Waals surface area (Å²) in [4.78, 5) is 7.47. The summed E-state index contributed by atoms with van der Waals surface area (Å²) < 4.78 is 9.35. The number of rotatable bonds is 3. The second-order valence-corrected chi connectivity index (χ2v) is 3.60. The van der Waals surface area contributed by atoms with E-state index in [0.717, 1.165) is 28.1 Å². The van der Waals surface area contributed by atoms with E-state index < -0.39 is 0 Å².